The van der Waals surface area contributed by atoms with Crippen LogP contribution in [-0.2, 0) is 21.0 Å². The first-order valence-electron chi connectivity index (χ1n) is 9.60. The first-order chi connectivity index (χ1) is 15.3. The molecule has 4 nitrogen and oxygen atoms in total. The molecule has 5 rings (SSSR count). The number of carbonyl (C=O) groups excluding carboxylic acids is 2. The summed E-state index contributed by atoms with van der Waals surface area (Å²) in [7, 11) is 0. The molecule has 2 amide bonds. The van der Waals surface area contributed by atoms with Gasteiger partial charge in [-0.2, -0.15) is 0 Å². The number of hydrogen-bond acceptors (Lipinski definition) is 3. The van der Waals surface area contributed by atoms with Crippen molar-refractivity contribution < 1.29 is 9.59 Å². The minimum atomic E-state index is -1.23. The number of para-hydroxylation sites is 1. The fraction of sp³-hybridized carbons (Fsp3) is 0.130. The molecule has 0 radical (unpaired) electrons. The van der Waals surface area contributed by atoms with Gasteiger partial charge in [-0.15, -0.1) is 11.8 Å². The van der Waals surface area contributed by atoms with Gasteiger partial charge in [-0.1, -0.05) is 70.7 Å². The van der Waals surface area contributed by atoms with Crippen molar-refractivity contribution in [3.05, 3.63) is 91.9 Å². The second-order valence-electron chi connectivity index (χ2n) is 7.40. The SMILES string of the molecule is O=C1CS[C@]2(C(=O)N(Cc3ccc(Cl)cc3Cl)c3ccccc32)N1c1ccc(Cl)c(Cl)c1. The van der Waals surface area contributed by atoms with E-state index in [-0.39, 0.29) is 24.1 Å². The van der Waals surface area contributed by atoms with Gasteiger partial charge in [-0.25, -0.2) is 0 Å². The molecule has 32 heavy (non-hydrogen) atoms. The van der Waals surface area contributed by atoms with Gasteiger partial charge >= 0.3 is 0 Å². The molecule has 1 saturated heterocycles. The summed E-state index contributed by atoms with van der Waals surface area (Å²) in [5.41, 5.74) is 2.75. The highest BCUT2D eigenvalue weighted by atomic mass is 35.5. The summed E-state index contributed by atoms with van der Waals surface area (Å²) in [5.74, 6) is -0.231. The summed E-state index contributed by atoms with van der Waals surface area (Å²) in [6.45, 7) is 0.248. The number of thioether (sulfide) groups is 1. The van der Waals surface area contributed by atoms with Crippen LogP contribution in [0.5, 0.6) is 0 Å². The van der Waals surface area contributed by atoms with E-state index >= 15 is 0 Å². The summed E-state index contributed by atoms with van der Waals surface area (Å²) in [6, 6.07) is 17.6. The second kappa shape index (κ2) is 8.15. The monoisotopic (exact) mass is 522 g/mol. The molecule has 0 N–H and O–H groups in total. The molecule has 2 heterocycles. The predicted molar refractivity (Wildman–Crippen MR) is 132 cm³/mol. The third-order valence-corrected chi connectivity index (χ3v) is 8.28. The summed E-state index contributed by atoms with van der Waals surface area (Å²) < 4.78 is 0. The van der Waals surface area contributed by atoms with E-state index in [1.54, 1.807) is 41.3 Å². The molecular weight excluding hydrogens is 510 g/mol. The fourth-order valence-corrected chi connectivity index (χ4v) is 6.28. The van der Waals surface area contributed by atoms with E-state index < -0.39 is 4.87 Å². The van der Waals surface area contributed by atoms with Crippen LogP contribution in [0.2, 0.25) is 20.1 Å². The van der Waals surface area contributed by atoms with Crippen LogP contribution < -0.4 is 9.80 Å². The Morgan fingerprint density at radius 3 is 2.41 bits per heavy atom. The zero-order valence-electron chi connectivity index (χ0n) is 16.3. The maximum atomic E-state index is 14.0. The lowest BCUT2D eigenvalue weighted by Crippen LogP contribution is -2.49. The molecule has 0 unspecified atom stereocenters. The van der Waals surface area contributed by atoms with Crippen molar-refractivity contribution in [2.75, 3.05) is 15.6 Å². The number of rotatable bonds is 3. The van der Waals surface area contributed by atoms with Crippen molar-refractivity contribution in [2.45, 2.75) is 11.4 Å². The molecule has 3 aromatic rings. The van der Waals surface area contributed by atoms with Gasteiger partial charge in [-0.3, -0.25) is 14.5 Å². The first kappa shape index (κ1) is 21.9. The van der Waals surface area contributed by atoms with E-state index in [4.69, 9.17) is 46.4 Å². The van der Waals surface area contributed by atoms with Crippen molar-refractivity contribution in [3.63, 3.8) is 0 Å². The van der Waals surface area contributed by atoms with Crippen LogP contribution in [0.15, 0.2) is 60.7 Å². The molecular formula is C23H14Cl4N2O2S. The van der Waals surface area contributed by atoms with Crippen LogP contribution in [0.1, 0.15) is 11.1 Å². The van der Waals surface area contributed by atoms with Gasteiger partial charge in [0.1, 0.15) is 0 Å². The Morgan fingerprint density at radius 2 is 1.66 bits per heavy atom. The molecule has 162 valence electrons. The van der Waals surface area contributed by atoms with E-state index in [1.165, 1.54) is 16.7 Å². The third kappa shape index (κ3) is 3.30. The summed E-state index contributed by atoms with van der Waals surface area (Å²) >= 11 is 26.1. The van der Waals surface area contributed by atoms with Crippen molar-refractivity contribution in [3.8, 4) is 0 Å². The van der Waals surface area contributed by atoms with Gasteiger partial charge in [-0.05, 0) is 42.0 Å². The number of fused-ring (bicyclic) bond motifs is 2. The summed E-state index contributed by atoms with van der Waals surface area (Å²) in [6.07, 6.45) is 0. The van der Waals surface area contributed by atoms with Crippen LogP contribution in [0, 0.1) is 0 Å². The summed E-state index contributed by atoms with van der Waals surface area (Å²) in [5, 5.41) is 1.68. The number of hydrogen-bond donors (Lipinski definition) is 0. The van der Waals surface area contributed by atoms with Gasteiger partial charge in [0, 0.05) is 21.3 Å². The van der Waals surface area contributed by atoms with Gasteiger partial charge in [0.2, 0.25) is 10.8 Å². The van der Waals surface area contributed by atoms with Crippen molar-refractivity contribution in [1.82, 2.24) is 0 Å². The van der Waals surface area contributed by atoms with E-state index in [2.05, 4.69) is 0 Å². The lowest BCUT2D eigenvalue weighted by atomic mass is 10.0. The molecule has 2 aliphatic heterocycles. The standard InChI is InChI=1S/C23H14Cl4N2O2S/c24-14-6-5-13(18(26)9-14)11-28-20-4-2-1-3-16(20)23(22(28)31)29(21(30)12-32-23)15-7-8-17(25)19(27)10-15/h1-10H,11-12H2/t23-/m1/s1. The second-order valence-corrected chi connectivity index (χ2v) is 10.2. The molecule has 1 atom stereocenters. The minimum absolute atomic E-state index is 0.163. The Morgan fingerprint density at radius 1 is 0.875 bits per heavy atom. The lowest BCUT2D eigenvalue weighted by molar-refractivity contribution is -0.123. The highest BCUT2D eigenvalue weighted by Crippen LogP contribution is 2.56. The van der Waals surface area contributed by atoms with Crippen LogP contribution in [0.3, 0.4) is 0 Å². The topological polar surface area (TPSA) is 40.6 Å². The zero-order valence-corrected chi connectivity index (χ0v) is 20.2. The van der Waals surface area contributed by atoms with E-state index in [0.29, 0.717) is 25.8 Å². The molecule has 1 fully saturated rings. The Balaban J connectivity index is 1.64. The minimum Gasteiger partial charge on any atom is -0.304 e. The average Bonchev–Trinajstić information content (AvgIpc) is 3.23. The molecule has 3 aromatic carbocycles. The molecule has 2 aliphatic rings. The first-order valence-corrected chi connectivity index (χ1v) is 12.1. The molecule has 0 saturated carbocycles. The molecule has 0 bridgehead atoms. The van der Waals surface area contributed by atoms with Gasteiger partial charge in [0.25, 0.3) is 5.91 Å². The molecule has 9 heteroatoms. The molecule has 0 aromatic heterocycles. The predicted octanol–water partition coefficient (Wildman–Crippen LogP) is 6.78. The Hall–Kier alpha value is -1.89. The normalized spacial score (nSPS) is 19.9. The van der Waals surface area contributed by atoms with E-state index in [9.17, 15) is 9.59 Å². The number of halogens is 4. The quantitative estimate of drug-likeness (QED) is 0.380. The van der Waals surface area contributed by atoms with Crippen molar-refractivity contribution >= 4 is 81.4 Å². The largest absolute Gasteiger partial charge is 0.304 e. The van der Waals surface area contributed by atoms with Gasteiger partial charge < -0.3 is 4.90 Å². The van der Waals surface area contributed by atoms with Crippen LogP contribution in [0.4, 0.5) is 11.4 Å². The van der Waals surface area contributed by atoms with Crippen LogP contribution >= 0.6 is 58.2 Å². The fourth-order valence-electron chi connectivity index (χ4n) is 4.16. The highest BCUT2D eigenvalue weighted by molar-refractivity contribution is 8.02. The number of nitrogens with zero attached hydrogens (tertiary/aromatic N) is 2. The van der Waals surface area contributed by atoms with Crippen LogP contribution in [0.25, 0.3) is 0 Å². The molecule has 1 spiro atoms. The van der Waals surface area contributed by atoms with E-state index in [1.807, 2.05) is 24.3 Å². The Kier molecular flexibility index (Phi) is 5.59. The number of amides is 2. The highest BCUT2D eigenvalue weighted by Gasteiger charge is 2.61. The molecule has 0 aliphatic carbocycles. The third-order valence-electron chi connectivity index (χ3n) is 5.57. The van der Waals surface area contributed by atoms with E-state index in [0.717, 1.165) is 16.8 Å². The van der Waals surface area contributed by atoms with Gasteiger partial charge in [0.05, 0.1) is 28.0 Å². The Bertz CT molecular complexity index is 1280. The number of benzene rings is 3. The van der Waals surface area contributed by atoms with Gasteiger partial charge in [0.15, 0.2) is 0 Å². The number of carbonyl (C=O) groups is 2. The van der Waals surface area contributed by atoms with Crippen molar-refractivity contribution in [1.29, 1.82) is 0 Å². The maximum Gasteiger partial charge on any atom is 0.269 e. The maximum absolute atomic E-state index is 14.0. The summed E-state index contributed by atoms with van der Waals surface area (Å²) in [4.78, 5) is 29.1. The smallest absolute Gasteiger partial charge is 0.269 e. The zero-order chi connectivity index (χ0) is 22.6. The lowest BCUT2D eigenvalue weighted by Gasteiger charge is -2.33. The Labute approximate surface area is 209 Å². The van der Waals surface area contributed by atoms with Crippen molar-refractivity contribution in [2.24, 2.45) is 0 Å². The van der Waals surface area contributed by atoms with Crippen LogP contribution in [-0.4, -0.2) is 17.6 Å². The average molecular weight is 524 g/mol. The number of anilines is 2.